The van der Waals surface area contributed by atoms with Gasteiger partial charge in [0.1, 0.15) is 5.82 Å². The number of anilines is 1. The molecule has 15 heavy (non-hydrogen) atoms. The van der Waals surface area contributed by atoms with Gasteiger partial charge < -0.3 is 5.73 Å². The molecule has 0 spiro atoms. The summed E-state index contributed by atoms with van der Waals surface area (Å²) in [6, 6.07) is 11.5. The molecule has 0 fully saturated rings. The lowest BCUT2D eigenvalue weighted by Crippen LogP contribution is -1.86. The highest BCUT2D eigenvalue weighted by molar-refractivity contribution is 6.31. The zero-order chi connectivity index (χ0) is 10.8. The summed E-state index contributed by atoms with van der Waals surface area (Å²) in [7, 11) is 0. The van der Waals surface area contributed by atoms with Crippen LogP contribution in [0.4, 0.5) is 10.1 Å². The van der Waals surface area contributed by atoms with Crippen molar-refractivity contribution < 1.29 is 4.39 Å². The van der Waals surface area contributed by atoms with Crippen LogP contribution in [0, 0.1) is 5.82 Å². The van der Waals surface area contributed by atoms with E-state index in [4.69, 9.17) is 17.3 Å². The van der Waals surface area contributed by atoms with Gasteiger partial charge in [-0.15, -0.1) is 0 Å². The van der Waals surface area contributed by atoms with E-state index in [1.807, 2.05) is 0 Å². The van der Waals surface area contributed by atoms with Gasteiger partial charge >= 0.3 is 0 Å². The maximum atomic E-state index is 12.7. The second-order valence-corrected chi connectivity index (χ2v) is 3.72. The highest BCUT2D eigenvalue weighted by atomic mass is 35.5. The van der Waals surface area contributed by atoms with E-state index < -0.39 is 0 Å². The lowest BCUT2D eigenvalue weighted by Gasteiger charge is -2.03. The normalized spacial score (nSPS) is 10.3. The smallest absolute Gasteiger partial charge is 0.123 e. The van der Waals surface area contributed by atoms with Crippen LogP contribution in [0.2, 0.25) is 5.02 Å². The molecule has 2 N–H and O–H groups in total. The summed E-state index contributed by atoms with van der Waals surface area (Å²) in [5, 5.41) is 0.578. The third kappa shape index (κ3) is 2.28. The zero-order valence-corrected chi connectivity index (χ0v) is 8.63. The van der Waals surface area contributed by atoms with Gasteiger partial charge in [0, 0.05) is 10.7 Å². The van der Waals surface area contributed by atoms with Gasteiger partial charge in [0.25, 0.3) is 0 Å². The molecule has 0 aromatic heterocycles. The van der Waals surface area contributed by atoms with Gasteiger partial charge in [0.2, 0.25) is 0 Å². The molecule has 2 aromatic carbocycles. The Morgan fingerprint density at radius 1 is 0.933 bits per heavy atom. The minimum Gasteiger partial charge on any atom is -0.399 e. The van der Waals surface area contributed by atoms with Gasteiger partial charge in [-0.2, -0.15) is 0 Å². The van der Waals surface area contributed by atoms with Gasteiger partial charge in [-0.1, -0.05) is 23.7 Å². The number of hydrogen-bond donors (Lipinski definition) is 1. The number of halogens is 2. The van der Waals surface area contributed by atoms with E-state index in [9.17, 15) is 4.39 Å². The molecule has 0 aliphatic carbocycles. The Balaban J connectivity index is 2.49. The Labute approximate surface area is 92.3 Å². The Morgan fingerprint density at radius 2 is 1.60 bits per heavy atom. The molecular weight excluding hydrogens is 213 g/mol. The summed E-state index contributed by atoms with van der Waals surface area (Å²) in [6.07, 6.45) is 0. The Hall–Kier alpha value is -1.54. The zero-order valence-electron chi connectivity index (χ0n) is 7.87. The maximum Gasteiger partial charge on any atom is 0.123 e. The van der Waals surface area contributed by atoms with Crippen molar-refractivity contribution in [2.45, 2.75) is 0 Å². The summed E-state index contributed by atoms with van der Waals surface area (Å²) in [6.45, 7) is 0. The summed E-state index contributed by atoms with van der Waals surface area (Å²) >= 11 is 5.88. The lowest BCUT2D eigenvalue weighted by molar-refractivity contribution is 0.628. The Bertz CT molecular complexity index is 459. The topological polar surface area (TPSA) is 26.0 Å². The first-order valence-electron chi connectivity index (χ1n) is 4.47. The molecule has 0 unspecified atom stereocenters. The molecule has 3 heteroatoms. The molecule has 2 aromatic rings. The van der Waals surface area contributed by atoms with E-state index in [0.717, 1.165) is 11.1 Å². The molecule has 0 saturated heterocycles. The molecule has 0 aliphatic heterocycles. The molecule has 0 aliphatic rings. The van der Waals surface area contributed by atoms with Crippen LogP contribution in [-0.2, 0) is 0 Å². The van der Waals surface area contributed by atoms with E-state index in [0.29, 0.717) is 10.7 Å². The molecule has 76 valence electrons. The highest BCUT2D eigenvalue weighted by Crippen LogP contribution is 2.25. The van der Waals surface area contributed by atoms with Crippen molar-refractivity contribution in [2.75, 3.05) is 5.73 Å². The predicted octanol–water partition coefficient (Wildman–Crippen LogP) is 3.73. The van der Waals surface area contributed by atoms with Crippen molar-refractivity contribution in [3.05, 3.63) is 53.3 Å². The number of nitrogen functional groups attached to an aromatic ring is 1. The second-order valence-electron chi connectivity index (χ2n) is 3.28. The molecule has 0 saturated carbocycles. The van der Waals surface area contributed by atoms with Crippen LogP contribution in [0.15, 0.2) is 42.5 Å². The van der Waals surface area contributed by atoms with Crippen LogP contribution < -0.4 is 5.73 Å². The SMILES string of the molecule is Nc1cc(Cl)cc(-c2ccc(F)cc2)c1. The van der Waals surface area contributed by atoms with E-state index in [1.54, 1.807) is 30.3 Å². The van der Waals surface area contributed by atoms with E-state index in [2.05, 4.69) is 0 Å². The quantitative estimate of drug-likeness (QED) is 0.730. The standard InChI is InChI=1S/C12H9ClFN/c13-10-5-9(6-12(15)7-10)8-1-3-11(14)4-2-8/h1-7H,15H2. The van der Waals surface area contributed by atoms with Gasteiger partial charge in [0.05, 0.1) is 0 Å². The number of benzene rings is 2. The van der Waals surface area contributed by atoms with E-state index in [1.165, 1.54) is 12.1 Å². The van der Waals surface area contributed by atoms with Crippen LogP contribution in [0.25, 0.3) is 11.1 Å². The molecule has 0 bridgehead atoms. The van der Waals surface area contributed by atoms with Crippen molar-refractivity contribution in [2.24, 2.45) is 0 Å². The molecule has 0 heterocycles. The Kier molecular flexibility index (Phi) is 2.60. The highest BCUT2D eigenvalue weighted by Gasteiger charge is 2.00. The summed E-state index contributed by atoms with van der Waals surface area (Å²) in [4.78, 5) is 0. The van der Waals surface area contributed by atoms with Crippen LogP contribution >= 0.6 is 11.6 Å². The number of rotatable bonds is 1. The summed E-state index contributed by atoms with van der Waals surface area (Å²) in [5.41, 5.74) is 8.05. The monoisotopic (exact) mass is 221 g/mol. The minimum atomic E-state index is -0.256. The first-order chi connectivity index (χ1) is 7.15. The third-order valence-corrected chi connectivity index (χ3v) is 2.32. The number of nitrogens with two attached hydrogens (primary N) is 1. The van der Waals surface area contributed by atoms with Crippen LogP contribution in [0.5, 0.6) is 0 Å². The van der Waals surface area contributed by atoms with Crippen LogP contribution in [0.1, 0.15) is 0 Å². The van der Waals surface area contributed by atoms with E-state index >= 15 is 0 Å². The Morgan fingerprint density at radius 3 is 2.20 bits per heavy atom. The third-order valence-electron chi connectivity index (χ3n) is 2.10. The van der Waals surface area contributed by atoms with Crippen molar-refractivity contribution in [3.8, 4) is 11.1 Å². The summed E-state index contributed by atoms with van der Waals surface area (Å²) in [5.74, 6) is -0.256. The fourth-order valence-corrected chi connectivity index (χ4v) is 1.66. The van der Waals surface area contributed by atoms with Gasteiger partial charge in [0.15, 0.2) is 0 Å². The largest absolute Gasteiger partial charge is 0.399 e. The molecule has 0 radical (unpaired) electrons. The van der Waals surface area contributed by atoms with Gasteiger partial charge in [-0.3, -0.25) is 0 Å². The maximum absolute atomic E-state index is 12.7. The molecule has 0 atom stereocenters. The number of hydrogen-bond acceptors (Lipinski definition) is 1. The fourth-order valence-electron chi connectivity index (χ4n) is 1.42. The van der Waals surface area contributed by atoms with Crippen molar-refractivity contribution in [3.63, 3.8) is 0 Å². The summed E-state index contributed by atoms with van der Waals surface area (Å²) < 4.78 is 12.7. The van der Waals surface area contributed by atoms with E-state index in [-0.39, 0.29) is 5.82 Å². The van der Waals surface area contributed by atoms with Crippen molar-refractivity contribution in [1.82, 2.24) is 0 Å². The predicted molar refractivity (Wildman–Crippen MR) is 61.3 cm³/mol. The van der Waals surface area contributed by atoms with Gasteiger partial charge in [-0.05, 0) is 41.5 Å². The second kappa shape index (κ2) is 3.91. The molecular formula is C12H9ClFN. The molecule has 2 rings (SSSR count). The average molecular weight is 222 g/mol. The van der Waals surface area contributed by atoms with Crippen molar-refractivity contribution >= 4 is 17.3 Å². The molecule has 0 amide bonds. The minimum absolute atomic E-state index is 0.256. The lowest BCUT2D eigenvalue weighted by atomic mass is 10.1. The van der Waals surface area contributed by atoms with Crippen LogP contribution in [-0.4, -0.2) is 0 Å². The van der Waals surface area contributed by atoms with Gasteiger partial charge in [-0.25, -0.2) is 4.39 Å². The first kappa shape index (κ1) is 9.99. The van der Waals surface area contributed by atoms with Crippen molar-refractivity contribution in [1.29, 1.82) is 0 Å². The average Bonchev–Trinajstić information content (AvgIpc) is 2.17. The molecule has 1 nitrogen and oxygen atoms in total. The fraction of sp³-hybridized carbons (Fsp3) is 0. The first-order valence-corrected chi connectivity index (χ1v) is 4.85. The van der Waals surface area contributed by atoms with Crippen LogP contribution in [0.3, 0.4) is 0 Å².